The number of nitrogens with zero attached hydrogens (tertiary/aromatic N) is 3. The number of aromatic nitrogens is 3. The highest BCUT2D eigenvalue weighted by Crippen LogP contribution is 2.23. The van der Waals surface area contributed by atoms with Gasteiger partial charge in [-0.1, -0.05) is 18.2 Å². The maximum Gasteiger partial charge on any atom is 0.411 e. The number of thiazole rings is 1. The lowest BCUT2D eigenvalue weighted by Crippen LogP contribution is -2.18. The first-order chi connectivity index (χ1) is 14.9. The lowest BCUT2D eigenvalue weighted by molar-refractivity contribution is 0.187. The number of amides is 1. The molecule has 0 aliphatic heterocycles. The largest absolute Gasteiger partial charge is 0.453 e. The summed E-state index contributed by atoms with van der Waals surface area (Å²) in [6.07, 6.45) is 2.27. The molecule has 10 nitrogen and oxygen atoms in total. The molecule has 0 aliphatic rings. The number of benzene rings is 1. The van der Waals surface area contributed by atoms with E-state index in [9.17, 15) is 9.18 Å². The van der Waals surface area contributed by atoms with Gasteiger partial charge in [0.1, 0.15) is 22.2 Å². The van der Waals surface area contributed by atoms with Gasteiger partial charge in [0, 0.05) is 23.7 Å². The van der Waals surface area contributed by atoms with Gasteiger partial charge in [0.15, 0.2) is 17.5 Å². The van der Waals surface area contributed by atoms with E-state index in [-0.39, 0.29) is 41.2 Å². The number of hydrogen-bond donors (Lipinski definition) is 5. The lowest BCUT2D eigenvalue weighted by Gasteiger charge is -2.12. The van der Waals surface area contributed by atoms with Crippen LogP contribution in [0.2, 0.25) is 0 Å². The third-order valence-electron chi connectivity index (χ3n) is 4.00. The van der Waals surface area contributed by atoms with E-state index in [0.29, 0.717) is 16.3 Å². The number of allylic oxidation sites excluding steroid dienone is 1. The van der Waals surface area contributed by atoms with Gasteiger partial charge in [0.25, 0.3) is 0 Å². The molecule has 2 aromatic heterocycles. The van der Waals surface area contributed by atoms with Crippen molar-refractivity contribution in [2.45, 2.75) is 6.54 Å². The summed E-state index contributed by atoms with van der Waals surface area (Å²) in [5.41, 5.74) is 12.5. The van der Waals surface area contributed by atoms with E-state index in [1.807, 2.05) is 0 Å². The highest BCUT2D eigenvalue weighted by molar-refractivity contribution is 7.10. The van der Waals surface area contributed by atoms with Crippen molar-refractivity contribution in [2.24, 2.45) is 0 Å². The van der Waals surface area contributed by atoms with Gasteiger partial charge in [0.05, 0.1) is 12.8 Å². The molecule has 0 saturated heterocycles. The quantitative estimate of drug-likeness (QED) is 0.348. The minimum absolute atomic E-state index is 0.00907. The lowest BCUT2D eigenvalue weighted by atomic mass is 10.2. The average molecular weight is 442 g/mol. The Hall–Kier alpha value is -4.06. The minimum atomic E-state index is -0.784. The van der Waals surface area contributed by atoms with Gasteiger partial charge < -0.3 is 21.5 Å². The number of nitrogens with one attached hydrogen (secondary N) is 3. The zero-order chi connectivity index (χ0) is 22.4. The first kappa shape index (κ1) is 21.6. The highest BCUT2D eigenvalue weighted by atomic mass is 32.1. The monoisotopic (exact) mass is 442 g/mol. The third-order valence-corrected chi connectivity index (χ3v) is 4.80. The number of rotatable bonds is 7. The Morgan fingerprint density at radius 1 is 1.29 bits per heavy atom. The number of hydrogen-bond acceptors (Lipinski definition) is 10. The van der Waals surface area contributed by atoms with Crippen LogP contribution in [0.1, 0.15) is 16.4 Å². The van der Waals surface area contributed by atoms with Crippen LogP contribution < -0.4 is 22.1 Å². The van der Waals surface area contributed by atoms with Crippen LogP contribution in [-0.2, 0) is 11.3 Å². The van der Waals surface area contributed by atoms with Crippen molar-refractivity contribution in [1.82, 2.24) is 20.3 Å². The van der Waals surface area contributed by atoms with Crippen LogP contribution in [0.4, 0.5) is 26.5 Å². The summed E-state index contributed by atoms with van der Waals surface area (Å²) in [6, 6.07) is 6.37. The molecule has 1 amide bonds. The number of nitrogens with two attached hydrogens (primary N) is 2. The van der Waals surface area contributed by atoms with E-state index in [1.54, 1.807) is 29.8 Å². The normalized spacial score (nSPS) is 11.1. The standard InChI is InChI=1S/C19H19FN8O2S/c1-30-19(29)26-14-15(22)27-17(28-16(14)23)12(21)8-13(18-24-6-7-31-18)25-9-10-4-2-3-5-11(10)20/h2-8,21,25H,9H2,1H3,(H,26,29)(H4,22,23,27,28)/b13-8-,21-12?. The number of ether oxygens (including phenoxy) is 1. The molecule has 0 aliphatic carbocycles. The van der Waals surface area contributed by atoms with Crippen molar-refractivity contribution in [1.29, 1.82) is 5.41 Å². The van der Waals surface area contributed by atoms with Crippen molar-refractivity contribution in [3.8, 4) is 0 Å². The van der Waals surface area contributed by atoms with E-state index in [4.69, 9.17) is 16.9 Å². The fraction of sp³-hybridized carbons (Fsp3) is 0.105. The van der Waals surface area contributed by atoms with Gasteiger partial charge in [-0.15, -0.1) is 11.3 Å². The molecule has 3 rings (SSSR count). The molecule has 160 valence electrons. The maximum atomic E-state index is 14.0. The van der Waals surface area contributed by atoms with E-state index in [2.05, 4.69) is 30.3 Å². The van der Waals surface area contributed by atoms with E-state index >= 15 is 0 Å². The van der Waals surface area contributed by atoms with Crippen molar-refractivity contribution >= 4 is 46.2 Å². The number of anilines is 3. The summed E-state index contributed by atoms with van der Waals surface area (Å²) >= 11 is 1.34. The van der Waals surface area contributed by atoms with Crippen molar-refractivity contribution in [3.63, 3.8) is 0 Å². The number of halogens is 1. The average Bonchev–Trinajstić information content (AvgIpc) is 3.29. The Labute approximate surface area is 180 Å². The van der Waals surface area contributed by atoms with Gasteiger partial charge >= 0.3 is 6.09 Å². The summed E-state index contributed by atoms with van der Waals surface area (Å²) in [6.45, 7) is 0.179. The molecular formula is C19H19FN8O2S. The van der Waals surface area contributed by atoms with Crippen LogP contribution in [0, 0.1) is 11.2 Å². The zero-order valence-corrected chi connectivity index (χ0v) is 17.2. The number of carbonyl (C=O) groups is 1. The molecule has 0 unspecified atom stereocenters. The van der Waals surface area contributed by atoms with Crippen LogP contribution >= 0.6 is 11.3 Å². The van der Waals surface area contributed by atoms with Crippen LogP contribution in [0.3, 0.4) is 0 Å². The second-order valence-electron chi connectivity index (χ2n) is 6.06. The molecule has 12 heteroatoms. The molecule has 1 aromatic carbocycles. The second-order valence-corrected chi connectivity index (χ2v) is 6.96. The summed E-state index contributed by atoms with van der Waals surface area (Å²) in [7, 11) is 1.19. The summed E-state index contributed by atoms with van der Waals surface area (Å²) < 4.78 is 18.4. The highest BCUT2D eigenvalue weighted by Gasteiger charge is 2.16. The first-order valence-corrected chi connectivity index (χ1v) is 9.72. The molecule has 3 aromatic rings. The molecule has 2 heterocycles. The molecule has 31 heavy (non-hydrogen) atoms. The molecular weight excluding hydrogens is 423 g/mol. The van der Waals surface area contributed by atoms with Gasteiger partial charge in [-0.3, -0.25) is 10.7 Å². The number of carbonyl (C=O) groups excluding carboxylic acids is 1. The minimum Gasteiger partial charge on any atom is -0.453 e. The fourth-order valence-corrected chi connectivity index (χ4v) is 3.11. The fourth-order valence-electron chi connectivity index (χ4n) is 2.48. The number of nitrogen functional groups attached to an aromatic ring is 2. The third kappa shape index (κ3) is 5.30. The van der Waals surface area contributed by atoms with Gasteiger partial charge in [-0.2, -0.15) is 0 Å². The van der Waals surface area contributed by atoms with Gasteiger partial charge in [-0.25, -0.2) is 24.1 Å². The summed E-state index contributed by atoms with van der Waals surface area (Å²) in [4.78, 5) is 23.7. The Kier molecular flexibility index (Phi) is 6.72. The van der Waals surface area contributed by atoms with E-state index < -0.39 is 6.09 Å². The predicted octanol–water partition coefficient (Wildman–Crippen LogP) is 2.61. The Balaban J connectivity index is 1.87. The van der Waals surface area contributed by atoms with E-state index in [0.717, 1.165) is 0 Å². The first-order valence-electron chi connectivity index (χ1n) is 8.84. The van der Waals surface area contributed by atoms with Crippen molar-refractivity contribution in [3.05, 3.63) is 64.1 Å². The Morgan fingerprint density at radius 2 is 2.00 bits per heavy atom. The van der Waals surface area contributed by atoms with Gasteiger partial charge in [0.2, 0.25) is 0 Å². The number of methoxy groups -OCH3 is 1. The smallest absolute Gasteiger partial charge is 0.411 e. The maximum absolute atomic E-state index is 14.0. The van der Waals surface area contributed by atoms with Crippen LogP contribution in [0.15, 0.2) is 41.9 Å². The molecule has 0 radical (unpaired) electrons. The van der Waals surface area contributed by atoms with Crippen molar-refractivity contribution < 1.29 is 13.9 Å². The molecule has 0 spiro atoms. The predicted molar refractivity (Wildman–Crippen MR) is 117 cm³/mol. The van der Waals surface area contributed by atoms with Crippen LogP contribution in [-0.4, -0.2) is 33.9 Å². The van der Waals surface area contributed by atoms with Crippen LogP contribution in [0.5, 0.6) is 0 Å². The molecule has 0 atom stereocenters. The summed E-state index contributed by atoms with van der Waals surface area (Å²) in [5.74, 6) is -0.657. The molecule has 0 fully saturated rings. The van der Waals surface area contributed by atoms with E-state index in [1.165, 1.54) is 30.6 Å². The Morgan fingerprint density at radius 3 is 2.61 bits per heavy atom. The second kappa shape index (κ2) is 9.63. The Bertz CT molecular complexity index is 1110. The summed E-state index contributed by atoms with van der Waals surface area (Å²) in [5, 5.41) is 16.1. The zero-order valence-electron chi connectivity index (χ0n) is 16.3. The molecule has 7 N–H and O–H groups in total. The van der Waals surface area contributed by atoms with Crippen LogP contribution in [0.25, 0.3) is 5.70 Å². The topological polar surface area (TPSA) is 165 Å². The van der Waals surface area contributed by atoms with Crippen molar-refractivity contribution in [2.75, 3.05) is 23.9 Å². The molecule has 0 bridgehead atoms. The SMILES string of the molecule is COC(=O)Nc1c(N)nc(C(=N)/C=C(\NCc2ccccc2F)c2nccs2)nc1N. The molecule has 0 saturated carbocycles. The van der Waals surface area contributed by atoms with Gasteiger partial charge in [-0.05, 0) is 12.1 Å².